The lowest BCUT2D eigenvalue weighted by molar-refractivity contribution is -0.384. The molecule has 32 heavy (non-hydrogen) atoms. The molecule has 2 aromatic carbocycles. The highest BCUT2D eigenvalue weighted by molar-refractivity contribution is 6.34. The maximum absolute atomic E-state index is 12.7. The normalized spacial score (nSPS) is 11.8. The van der Waals surface area contributed by atoms with E-state index in [2.05, 4.69) is 20.7 Å². The molecule has 1 unspecified atom stereocenters. The fourth-order valence-electron chi connectivity index (χ4n) is 2.96. The highest BCUT2D eigenvalue weighted by Gasteiger charge is 2.26. The van der Waals surface area contributed by atoms with E-state index in [-0.39, 0.29) is 34.6 Å². The molecule has 0 fully saturated rings. The van der Waals surface area contributed by atoms with Gasteiger partial charge in [0.25, 0.3) is 11.6 Å². The van der Waals surface area contributed by atoms with Crippen LogP contribution < -0.4 is 10.6 Å². The minimum Gasteiger partial charge on any atom is -0.350 e. The zero-order chi connectivity index (χ0) is 23.3. The number of benzene rings is 2. The van der Waals surface area contributed by atoms with Gasteiger partial charge in [0, 0.05) is 18.7 Å². The van der Waals surface area contributed by atoms with E-state index in [0.29, 0.717) is 0 Å². The Hall–Kier alpha value is -3.79. The smallest absolute Gasteiger partial charge is 0.270 e. The summed E-state index contributed by atoms with van der Waals surface area (Å²) in [6, 6.07) is 10.2. The summed E-state index contributed by atoms with van der Waals surface area (Å²) >= 11 is 6.03. The first-order valence-electron chi connectivity index (χ1n) is 9.72. The van der Waals surface area contributed by atoms with E-state index in [1.54, 1.807) is 24.9 Å². The van der Waals surface area contributed by atoms with Crippen LogP contribution in [0.5, 0.6) is 0 Å². The van der Waals surface area contributed by atoms with Crippen molar-refractivity contribution in [1.29, 1.82) is 0 Å². The number of amides is 2. The van der Waals surface area contributed by atoms with Crippen LogP contribution in [0.25, 0.3) is 5.69 Å². The maximum atomic E-state index is 12.7. The number of hydrogen-bond donors (Lipinski definition) is 2. The molecule has 3 aromatic rings. The molecular formula is C21H21ClN6O4. The number of nitro benzene ring substituents is 1. The molecule has 2 amide bonds. The number of nitrogens with zero attached hydrogens (tertiary/aromatic N) is 4. The molecule has 166 valence electrons. The number of aromatic nitrogens is 3. The molecule has 11 heteroatoms. The first-order valence-corrected chi connectivity index (χ1v) is 10.1. The predicted octanol–water partition coefficient (Wildman–Crippen LogP) is 2.90. The summed E-state index contributed by atoms with van der Waals surface area (Å²) in [5.41, 5.74) is 1.54. The quantitative estimate of drug-likeness (QED) is 0.395. The van der Waals surface area contributed by atoms with E-state index in [9.17, 15) is 19.7 Å². The number of nitrogens with one attached hydrogen (secondary N) is 2. The largest absolute Gasteiger partial charge is 0.350 e. The van der Waals surface area contributed by atoms with Crippen LogP contribution in [0.3, 0.4) is 0 Å². The van der Waals surface area contributed by atoms with Gasteiger partial charge in [-0.15, -0.1) is 0 Å². The lowest BCUT2D eigenvalue weighted by atomic mass is 10.0. The molecule has 1 heterocycles. The molecular weight excluding hydrogens is 436 g/mol. The van der Waals surface area contributed by atoms with Crippen LogP contribution in [-0.4, -0.2) is 37.5 Å². The molecule has 10 nitrogen and oxygen atoms in total. The van der Waals surface area contributed by atoms with Crippen LogP contribution >= 0.6 is 11.6 Å². The van der Waals surface area contributed by atoms with Gasteiger partial charge < -0.3 is 10.6 Å². The van der Waals surface area contributed by atoms with Crippen LogP contribution in [-0.2, 0) is 11.3 Å². The Morgan fingerprint density at radius 2 is 1.91 bits per heavy atom. The number of halogens is 1. The van der Waals surface area contributed by atoms with Crippen LogP contribution in [0.1, 0.15) is 29.8 Å². The third kappa shape index (κ3) is 5.46. The molecule has 0 saturated heterocycles. The Morgan fingerprint density at radius 3 is 2.47 bits per heavy atom. The summed E-state index contributed by atoms with van der Waals surface area (Å²) in [5, 5.41) is 20.3. The highest BCUT2D eigenvalue weighted by Crippen LogP contribution is 2.22. The molecule has 3 rings (SSSR count). The average Bonchev–Trinajstić information content (AvgIpc) is 3.30. The number of rotatable bonds is 8. The third-order valence-corrected chi connectivity index (χ3v) is 5.04. The zero-order valence-corrected chi connectivity index (χ0v) is 18.1. The Kier molecular flexibility index (Phi) is 7.16. The second-order valence-electron chi connectivity index (χ2n) is 7.34. The van der Waals surface area contributed by atoms with Gasteiger partial charge in [0.15, 0.2) is 0 Å². The van der Waals surface area contributed by atoms with Crippen molar-refractivity contribution >= 4 is 29.1 Å². The van der Waals surface area contributed by atoms with Crippen LogP contribution in [0.2, 0.25) is 5.02 Å². The van der Waals surface area contributed by atoms with E-state index >= 15 is 0 Å². The van der Waals surface area contributed by atoms with E-state index in [1.165, 1.54) is 18.5 Å². The first-order chi connectivity index (χ1) is 15.3. The van der Waals surface area contributed by atoms with Gasteiger partial charge >= 0.3 is 0 Å². The molecule has 2 N–H and O–H groups in total. The molecule has 0 saturated carbocycles. The number of carbonyl (C=O) groups is 2. The van der Waals surface area contributed by atoms with Crippen LogP contribution in [0, 0.1) is 16.0 Å². The minimum absolute atomic E-state index is 0.0550. The molecule has 0 aliphatic rings. The lowest BCUT2D eigenvalue weighted by Crippen LogP contribution is -2.49. The van der Waals surface area contributed by atoms with Gasteiger partial charge in [-0.3, -0.25) is 19.7 Å². The monoisotopic (exact) mass is 456 g/mol. The van der Waals surface area contributed by atoms with Crippen molar-refractivity contribution in [3.05, 3.63) is 81.4 Å². The number of hydrogen-bond acceptors (Lipinski definition) is 6. The molecule has 1 atom stereocenters. The average molecular weight is 457 g/mol. The molecule has 0 spiro atoms. The highest BCUT2D eigenvalue weighted by atomic mass is 35.5. The summed E-state index contributed by atoms with van der Waals surface area (Å²) in [6.07, 6.45) is 3.03. The van der Waals surface area contributed by atoms with Crippen LogP contribution in [0.4, 0.5) is 5.69 Å². The predicted molar refractivity (Wildman–Crippen MR) is 117 cm³/mol. The topological polar surface area (TPSA) is 132 Å². The molecule has 0 bridgehead atoms. The Morgan fingerprint density at radius 1 is 1.19 bits per heavy atom. The lowest BCUT2D eigenvalue weighted by Gasteiger charge is -2.22. The number of nitro groups is 1. The van der Waals surface area contributed by atoms with Crippen molar-refractivity contribution < 1.29 is 14.5 Å². The van der Waals surface area contributed by atoms with Gasteiger partial charge in [-0.05, 0) is 29.7 Å². The summed E-state index contributed by atoms with van der Waals surface area (Å²) in [7, 11) is 0. The van der Waals surface area contributed by atoms with E-state index in [0.717, 1.165) is 17.3 Å². The standard InChI is InChI=1S/C21H21ClN6O4/c1-13(2)19(26-20(29)17-8-7-16(28(31)32)9-18(17)22)21(30)24-10-14-3-5-15(6-4-14)27-12-23-11-25-27/h3-9,11-13,19H,10H2,1-2H3,(H,24,30)(H,26,29). The van der Waals surface area contributed by atoms with E-state index in [4.69, 9.17) is 11.6 Å². The SMILES string of the molecule is CC(C)C(NC(=O)c1ccc([N+](=O)[O-])cc1Cl)C(=O)NCc1ccc(-n2cncn2)cc1. The Balaban J connectivity index is 1.63. The van der Waals surface area contributed by atoms with E-state index in [1.807, 2.05) is 24.3 Å². The number of carbonyl (C=O) groups excluding carboxylic acids is 2. The summed E-state index contributed by atoms with van der Waals surface area (Å²) in [5.74, 6) is -1.15. The molecule has 0 aliphatic carbocycles. The third-order valence-electron chi connectivity index (χ3n) is 4.73. The fourth-order valence-corrected chi connectivity index (χ4v) is 3.22. The van der Waals surface area contributed by atoms with Gasteiger partial charge in [-0.2, -0.15) is 5.10 Å². The van der Waals surface area contributed by atoms with Crippen molar-refractivity contribution in [1.82, 2.24) is 25.4 Å². The number of non-ortho nitro benzene ring substituents is 1. The van der Waals surface area contributed by atoms with Gasteiger partial charge in [0.1, 0.15) is 18.7 Å². The molecule has 0 radical (unpaired) electrons. The fraction of sp³-hybridized carbons (Fsp3) is 0.238. The Labute approximate surface area is 188 Å². The van der Waals surface area contributed by atoms with Crippen LogP contribution in [0.15, 0.2) is 55.1 Å². The maximum Gasteiger partial charge on any atom is 0.270 e. The Bertz CT molecular complexity index is 1120. The molecule has 0 aliphatic heterocycles. The van der Waals surface area contributed by atoms with Gasteiger partial charge in [0.05, 0.1) is 21.2 Å². The van der Waals surface area contributed by atoms with Gasteiger partial charge in [-0.25, -0.2) is 9.67 Å². The van der Waals surface area contributed by atoms with Crippen molar-refractivity contribution in [3.8, 4) is 5.69 Å². The minimum atomic E-state index is -0.816. The summed E-state index contributed by atoms with van der Waals surface area (Å²) < 4.78 is 1.62. The van der Waals surface area contributed by atoms with Crippen molar-refractivity contribution in [3.63, 3.8) is 0 Å². The second-order valence-corrected chi connectivity index (χ2v) is 7.75. The van der Waals surface area contributed by atoms with Crippen molar-refractivity contribution in [2.45, 2.75) is 26.4 Å². The zero-order valence-electron chi connectivity index (χ0n) is 17.4. The molecule has 1 aromatic heterocycles. The van der Waals surface area contributed by atoms with Crippen molar-refractivity contribution in [2.75, 3.05) is 0 Å². The van der Waals surface area contributed by atoms with Gasteiger partial charge in [0.2, 0.25) is 5.91 Å². The van der Waals surface area contributed by atoms with E-state index < -0.39 is 16.9 Å². The second kappa shape index (κ2) is 10.0. The first kappa shape index (κ1) is 22.9. The van der Waals surface area contributed by atoms with Crippen molar-refractivity contribution in [2.24, 2.45) is 5.92 Å². The van der Waals surface area contributed by atoms with Gasteiger partial charge in [-0.1, -0.05) is 37.6 Å². The summed E-state index contributed by atoms with van der Waals surface area (Å²) in [6.45, 7) is 3.87. The summed E-state index contributed by atoms with van der Waals surface area (Å²) in [4.78, 5) is 39.5.